The Morgan fingerprint density at radius 1 is 1.47 bits per heavy atom. The first-order valence-corrected chi connectivity index (χ1v) is 4.88. The van der Waals surface area contributed by atoms with Gasteiger partial charge in [-0.25, -0.2) is 9.97 Å². The van der Waals surface area contributed by atoms with E-state index in [-0.39, 0.29) is 6.04 Å². The third kappa shape index (κ3) is 2.63. The molecule has 1 unspecified atom stereocenters. The maximum Gasteiger partial charge on any atom is 0.120 e. The van der Waals surface area contributed by atoms with Crippen LogP contribution in [0, 0.1) is 0 Å². The van der Waals surface area contributed by atoms with Crippen molar-refractivity contribution in [3.05, 3.63) is 48.4 Å². The summed E-state index contributed by atoms with van der Waals surface area (Å²) in [6.45, 7) is 2.77. The van der Waals surface area contributed by atoms with Crippen molar-refractivity contribution < 1.29 is 4.42 Å². The molecule has 2 heterocycles. The van der Waals surface area contributed by atoms with Crippen molar-refractivity contribution >= 4 is 0 Å². The van der Waals surface area contributed by atoms with E-state index in [9.17, 15) is 0 Å². The Morgan fingerprint density at radius 3 is 3.07 bits per heavy atom. The lowest BCUT2D eigenvalue weighted by Crippen LogP contribution is -2.18. The predicted octanol–water partition coefficient (Wildman–Crippen LogP) is 1.92. The summed E-state index contributed by atoms with van der Waals surface area (Å²) in [6.07, 6.45) is 4.97. The van der Waals surface area contributed by atoms with Gasteiger partial charge in [-0.15, -0.1) is 0 Å². The van der Waals surface area contributed by atoms with Gasteiger partial charge in [-0.1, -0.05) is 0 Å². The smallest absolute Gasteiger partial charge is 0.120 e. The molecule has 0 saturated carbocycles. The average molecular weight is 203 g/mol. The van der Waals surface area contributed by atoms with Gasteiger partial charge in [-0.2, -0.15) is 0 Å². The minimum atomic E-state index is 0.190. The summed E-state index contributed by atoms with van der Waals surface area (Å²) in [5.41, 5.74) is 0.975. The Hall–Kier alpha value is -1.68. The highest BCUT2D eigenvalue weighted by atomic mass is 16.3. The van der Waals surface area contributed by atoms with Crippen molar-refractivity contribution in [1.82, 2.24) is 15.3 Å². The van der Waals surface area contributed by atoms with E-state index in [0.717, 1.165) is 11.5 Å². The molecule has 0 saturated heterocycles. The summed E-state index contributed by atoms with van der Waals surface area (Å²) in [7, 11) is 0. The Bertz CT molecular complexity index is 385. The first-order valence-electron chi connectivity index (χ1n) is 4.88. The molecule has 0 amide bonds. The van der Waals surface area contributed by atoms with Crippen LogP contribution in [0.3, 0.4) is 0 Å². The highest BCUT2D eigenvalue weighted by Gasteiger charge is 2.06. The largest absolute Gasteiger partial charge is 0.468 e. The second-order valence-corrected chi connectivity index (χ2v) is 3.32. The van der Waals surface area contributed by atoms with Crippen molar-refractivity contribution in [3.63, 3.8) is 0 Å². The van der Waals surface area contributed by atoms with E-state index in [1.54, 1.807) is 18.8 Å². The van der Waals surface area contributed by atoms with Gasteiger partial charge >= 0.3 is 0 Å². The Kier molecular flexibility index (Phi) is 3.09. The van der Waals surface area contributed by atoms with Crippen LogP contribution in [0.25, 0.3) is 0 Å². The maximum absolute atomic E-state index is 5.29. The SMILES string of the molecule is CC(NCc1ccncn1)c1ccco1. The summed E-state index contributed by atoms with van der Waals surface area (Å²) < 4.78 is 5.29. The van der Waals surface area contributed by atoms with Crippen LogP contribution in [0.2, 0.25) is 0 Å². The van der Waals surface area contributed by atoms with Gasteiger partial charge in [0.2, 0.25) is 0 Å². The van der Waals surface area contributed by atoms with Crippen LogP contribution in [0.1, 0.15) is 24.4 Å². The van der Waals surface area contributed by atoms with Crippen LogP contribution in [0.5, 0.6) is 0 Å². The number of hydrogen-bond acceptors (Lipinski definition) is 4. The zero-order valence-electron chi connectivity index (χ0n) is 8.55. The third-order valence-corrected chi connectivity index (χ3v) is 2.20. The van der Waals surface area contributed by atoms with Crippen molar-refractivity contribution in [2.24, 2.45) is 0 Å². The van der Waals surface area contributed by atoms with Gasteiger partial charge in [0.1, 0.15) is 12.1 Å². The van der Waals surface area contributed by atoms with Crippen LogP contribution in [-0.4, -0.2) is 9.97 Å². The molecule has 0 bridgehead atoms. The monoisotopic (exact) mass is 203 g/mol. The molecule has 0 aromatic carbocycles. The second-order valence-electron chi connectivity index (χ2n) is 3.32. The Balaban J connectivity index is 1.89. The van der Waals surface area contributed by atoms with Crippen molar-refractivity contribution in [1.29, 1.82) is 0 Å². The Labute approximate surface area is 88.4 Å². The molecule has 0 spiro atoms. The number of furan rings is 1. The van der Waals surface area contributed by atoms with Gasteiger partial charge in [-0.3, -0.25) is 0 Å². The van der Waals surface area contributed by atoms with Gasteiger partial charge in [0.15, 0.2) is 0 Å². The van der Waals surface area contributed by atoms with Crippen LogP contribution in [0.4, 0.5) is 0 Å². The van der Waals surface area contributed by atoms with E-state index in [0.29, 0.717) is 6.54 Å². The number of hydrogen-bond donors (Lipinski definition) is 1. The van der Waals surface area contributed by atoms with E-state index in [1.807, 2.05) is 18.2 Å². The fraction of sp³-hybridized carbons (Fsp3) is 0.273. The van der Waals surface area contributed by atoms with E-state index in [2.05, 4.69) is 22.2 Å². The third-order valence-electron chi connectivity index (χ3n) is 2.20. The van der Waals surface area contributed by atoms with Crippen LogP contribution < -0.4 is 5.32 Å². The first kappa shape index (κ1) is 9.86. The molecule has 0 aliphatic rings. The van der Waals surface area contributed by atoms with Crippen molar-refractivity contribution in [3.8, 4) is 0 Å². The van der Waals surface area contributed by atoms with E-state index >= 15 is 0 Å². The quantitative estimate of drug-likeness (QED) is 0.824. The first-order chi connectivity index (χ1) is 7.36. The molecule has 0 radical (unpaired) electrons. The molecule has 0 fully saturated rings. The predicted molar refractivity (Wildman–Crippen MR) is 56.0 cm³/mol. The summed E-state index contributed by atoms with van der Waals surface area (Å²) in [5, 5.41) is 3.32. The number of nitrogens with one attached hydrogen (secondary N) is 1. The van der Waals surface area contributed by atoms with Gasteiger partial charge in [-0.05, 0) is 25.1 Å². The average Bonchev–Trinajstić information content (AvgIpc) is 2.81. The number of nitrogens with zero attached hydrogens (tertiary/aromatic N) is 2. The van der Waals surface area contributed by atoms with Crippen LogP contribution in [0.15, 0.2) is 41.4 Å². The fourth-order valence-corrected chi connectivity index (χ4v) is 1.32. The normalized spacial score (nSPS) is 12.6. The molecule has 2 rings (SSSR count). The summed E-state index contributed by atoms with van der Waals surface area (Å²) in [6, 6.07) is 5.92. The van der Waals surface area contributed by atoms with Crippen LogP contribution >= 0.6 is 0 Å². The highest BCUT2D eigenvalue weighted by molar-refractivity contribution is 5.04. The van der Waals surface area contributed by atoms with Gasteiger partial charge in [0, 0.05) is 12.7 Å². The minimum Gasteiger partial charge on any atom is -0.468 e. The van der Waals surface area contributed by atoms with Gasteiger partial charge < -0.3 is 9.73 Å². The lowest BCUT2D eigenvalue weighted by atomic mass is 10.2. The molecule has 2 aromatic rings. The molecule has 78 valence electrons. The standard InChI is InChI=1S/C11H13N3O/c1-9(11-3-2-6-15-11)13-7-10-4-5-12-8-14-10/h2-6,8-9,13H,7H2,1H3. The zero-order chi connectivity index (χ0) is 10.5. The van der Waals surface area contributed by atoms with E-state index in [1.165, 1.54) is 0 Å². The Morgan fingerprint density at radius 2 is 2.40 bits per heavy atom. The van der Waals surface area contributed by atoms with Crippen molar-refractivity contribution in [2.75, 3.05) is 0 Å². The summed E-state index contributed by atoms with van der Waals surface area (Å²) in [4.78, 5) is 7.99. The molecule has 0 aliphatic heterocycles. The van der Waals surface area contributed by atoms with E-state index < -0.39 is 0 Å². The number of aromatic nitrogens is 2. The molecule has 0 aliphatic carbocycles. The minimum absolute atomic E-state index is 0.190. The maximum atomic E-state index is 5.29. The zero-order valence-corrected chi connectivity index (χ0v) is 8.55. The molecular formula is C11H13N3O. The lowest BCUT2D eigenvalue weighted by Gasteiger charge is -2.10. The second kappa shape index (κ2) is 4.70. The number of rotatable bonds is 4. The topological polar surface area (TPSA) is 51.0 Å². The molecule has 4 nitrogen and oxygen atoms in total. The molecule has 1 N–H and O–H groups in total. The molecular weight excluding hydrogens is 190 g/mol. The molecule has 2 aromatic heterocycles. The summed E-state index contributed by atoms with van der Waals surface area (Å²) >= 11 is 0. The lowest BCUT2D eigenvalue weighted by molar-refractivity contribution is 0.428. The molecule has 15 heavy (non-hydrogen) atoms. The fourth-order valence-electron chi connectivity index (χ4n) is 1.32. The van der Waals surface area contributed by atoms with Crippen LogP contribution in [-0.2, 0) is 6.54 Å². The highest BCUT2D eigenvalue weighted by Crippen LogP contribution is 2.12. The van der Waals surface area contributed by atoms with Gasteiger partial charge in [0.05, 0.1) is 18.0 Å². The van der Waals surface area contributed by atoms with Crippen molar-refractivity contribution in [2.45, 2.75) is 19.5 Å². The van der Waals surface area contributed by atoms with E-state index in [4.69, 9.17) is 4.42 Å². The summed E-state index contributed by atoms with van der Waals surface area (Å²) in [5.74, 6) is 0.934. The molecule has 4 heteroatoms. The van der Waals surface area contributed by atoms with Gasteiger partial charge in [0.25, 0.3) is 0 Å². The molecule has 1 atom stereocenters.